The van der Waals surface area contributed by atoms with Crippen molar-refractivity contribution in [2.24, 2.45) is 0 Å². The van der Waals surface area contributed by atoms with Crippen molar-refractivity contribution in [1.29, 1.82) is 0 Å². The average molecular weight is 1320 g/mol. The molecule has 0 saturated carbocycles. The zero-order valence-electron chi connectivity index (χ0n) is 60.0. The second-order valence-corrected chi connectivity index (χ2v) is 26.6. The Morgan fingerprint density at radius 1 is 0.364 bits per heavy atom. The molecule has 12 aromatic rings. The van der Waals surface area contributed by atoms with Crippen molar-refractivity contribution in [3.8, 4) is 0 Å². The van der Waals surface area contributed by atoms with Crippen LogP contribution < -0.4 is 39.2 Å². The van der Waals surface area contributed by atoms with Crippen LogP contribution in [0.15, 0.2) is 210 Å². The molecular weight excluding hydrogens is 1230 g/mol. The topological polar surface area (TPSA) is 136 Å². The first-order valence-electron chi connectivity index (χ1n) is 34.1. The number of fused-ring (bicyclic) bond motifs is 9. The van der Waals surface area contributed by atoms with Gasteiger partial charge in [-0.3, -0.25) is 0 Å². The lowest BCUT2D eigenvalue weighted by atomic mass is 10.1. The van der Waals surface area contributed by atoms with E-state index in [9.17, 15) is 0 Å². The smallest absolute Gasteiger partial charge is 0.178 e. The van der Waals surface area contributed by atoms with Gasteiger partial charge < -0.3 is 57.8 Å². The van der Waals surface area contributed by atoms with E-state index in [-0.39, 0.29) is 24.7 Å². The van der Waals surface area contributed by atoms with Crippen molar-refractivity contribution in [2.45, 2.75) is 127 Å². The molecule has 99 heavy (non-hydrogen) atoms. The van der Waals surface area contributed by atoms with Crippen LogP contribution in [-0.4, -0.2) is 105 Å². The van der Waals surface area contributed by atoms with Gasteiger partial charge in [0.1, 0.15) is 66.0 Å². The summed E-state index contributed by atoms with van der Waals surface area (Å²) in [4.78, 5) is 48.7. The molecule has 18 nitrogen and oxygen atoms in total. The van der Waals surface area contributed by atoms with Crippen LogP contribution in [0.3, 0.4) is 0 Å². The molecule has 0 N–H and O–H groups in total. The quantitative estimate of drug-likeness (QED) is 0.156. The van der Waals surface area contributed by atoms with Gasteiger partial charge in [-0.25, -0.2) is 29.9 Å². The molecule has 0 saturated heterocycles. The molecule has 506 valence electrons. The van der Waals surface area contributed by atoms with E-state index in [1.54, 1.807) is 12.7 Å². The Morgan fingerprint density at radius 2 is 0.808 bits per heavy atom. The summed E-state index contributed by atoms with van der Waals surface area (Å²) in [7, 11) is 8.29. The fourth-order valence-electron chi connectivity index (χ4n) is 14.1. The van der Waals surface area contributed by atoms with Crippen molar-refractivity contribution < 1.29 is 8.83 Å². The van der Waals surface area contributed by atoms with Crippen LogP contribution in [0.5, 0.6) is 0 Å². The van der Waals surface area contributed by atoms with Crippen LogP contribution in [0.1, 0.15) is 82.0 Å². The minimum atomic E-state index is 0.220. The van der Waals surface area contributed by atoms with E-state index in [1.807, 2.05) is 49.8 Å². The maximum atomic E-state index is 6.23. The zero-order valence-corrected chi connectivity index (χ0v) is 60.0. The number of rotatable bonds is 6. The Kier molecular flexibility index (Phi) is 18.4. The third-order valence-electron chi connectivity index (χ3n) is 20.1. The lowest BCUT2D eigenvalue weighted by Crippen LogP contribution is -2.39. The highest BCUT2D eigenvalue weighted by molar-refractivity contribution is 6.11. The number of aryl methyl sites for hydroxylation is 6. The summed E-state index contributed by atoms with van der Waals surface area (Å²) in [6, 6.07) is 50.8. The number of hydrogen-bond acceptors (Lipinski definition) is 18. The molecule has 10 heterocycles. The average Bonchev–Trinajstić information content (AvgIpc) is 1.63. The van der Waals surface area contributed by atoms with E-state index in [1.165, 1.54) is 72.1 Å². The van der Waals surface area contributed by atoms with E-state index in [4.69, 9.17) is 8.83 Å². The maximum absolute atomic E-state index is 6.23. The molecule has 0 fully saturated rings. The zero-order chi connectivity index (χ0) is 69.7. The Hall–Kier alpha value is -11.1. The van der Waals surface area contributed by atoms with Gasteiger partial charge in [0.25, 0.3) is 0 Å². The molecule has 0 aliphatic carbocycles. The normalized spacial score (nSPS) is 18.1. The summed E-state index contributed by atoms with van der Waals surface area (Å²) < 4.78 is 12.4. The Labute approximate surface area is 582 Å². The number of furan rings is 2. The maximum Gasteiger partial charge on any atom is 0.178 e. The highest BCUT2D eigenvalue weighted by atomic mass is 16.3. The van der Waals surface area contributed by atoms with E-state index in [0.717, 1.165) is 68.4 Å². The molecule has 5 aliphatic heterocycles. The molecule has 0 amide bonds. The standard InChI is InChI=1S/C20H22N2O.C18H18N2O.C15H18N4.2C14H16N4/c1-13(2)21-11-12-22(15(21)4)19-14(3)9-10-17-16-7-5-6-8-18(16)23-20(17)19;1-12-8-9-15-14-6-4-5-7-16(14)21-18(15)17(12)20-11-10-19(3)13(20)2;1-10-7-5-6-8-13(10)19-12(3)18(4)14-15(19)17-11(2)9-16-14;1-10-6-4-5-7-12(10)18-11(2)17(3)14-13(18)8-15-9-16-14;1-10-6-4-5-7-12(10)18-11(2)17(3)13-8-15-9-16-14(13)18/h5-13,15H,1-4H3;4-11,13H,1-3H3;5-9,12H,1-4H3;2*4-9,11H,1-3H3/t15-;13-;12-;2*11-/m00000/s1. The van der Waals surface area contributed by atoms with E-state index in [2.05, 4.69) is 336 Å². The van der Waals surface area contributed by atoms with Crippen LogP contribution in [0.2, 0.25) is 0 Å². The van der Waals surface area contributed by atoms with Crippen molar-refractivity contribution in [3.05, 3.63) is 235 Å². The summed E-state index contributed by atoms with van der Waals surface area (Å²) >= 11 is 0. The third-order valence-corrected chi connectivity index (χ3v) is 20.1. The van der Waals surface area contributed by atoms with Crippen molar-refractivity contribution in [2.75, 3.05) is 67.4 Å². The van der Waals surface area contributed by atoms with E-state index >= 15 is 0 Å². The van der Waals surface area contributed by atoms with Gasteiger partial charge >= 0.3 is 0 Å². The molecule has 7 aromatic carbocycles. The first-order chi connectivity index (χ1) is 47.7. The molecular formula is C81H90N16O2. The van der Waals surface area contributed by atoms with Gasteiger partial charge in [-0.15, -0.1) is 0 Å². The molecule has 0 spiro atoms. The second-order valence-electron chi connectivity index (χ2n) is 26.6. The number of anilines is 11. The first-order valence-corrected chi connectivity index (χ1v) is 34.1. The van der Waals surface area contributed by atoms with Crippen LogP contribution in [-0.2, 0) is 0 Å². The Morgan fingerprint density at radius 3 is 1.32 bits per heavy atom. The predicted molar refractivity (Wildman–Crippen MR) is 408 cm³/mol. The summed E-state index contributed by atoms with van der Waals surface area (Å²) in [5, 5.41) is 4.73. The lowest BCUT2D eigenvalue weighted by Gasteiger charge is -2.33. The summed E-state index contributed by atoms with van der Waals surface area (Å²) in [5.41, 5.74) is 19.1. The van der Waals surface area contributed by atoms with Crippen molar-refractivity contribution in [3.63, 3.8) is 0 Å². The molecule has 5 aromatic heterocycles. The summed E-state index contributed by atoms with van der Waals surface area (Å²) in [5.74, 6) is 3.86. The molecule has 0 unspecified atom stereocenters. The van der Waals surface area contributed by atoms with Crippen molar-refractivity contribution >= 4 is 107 Å². The van der Waals surface area contributed by atoms with Crippen molar-refractivity contribution in [1.82, 2.24) is 39.7 Å². The molecule has 0 bridgehead atoms. The van der Waals surface area contributed by atoms with Gasteiger partial charge in [-0.1, -0.05) is 115 Å². The van der Waals surface area contributed by atoms with Crippen LogP contribution in [0, 0.1) is 41.5 Å². The molecule has 0 radical (unpaired) electrons. The van der Waals surface area contributed by atoms with Gasteiger partial charge in [0.15, 0.2) is 34.4 Å². The largest absolute Gasteiger partial charge is 0.454 e. The van der Waals surface area contributed by atoms with E-state index < -0.39 is 0 Å². The third kappa shape index (κ3) is 12.2. The first kappa shape index (κ1) is 66.5. The van der Waals surface area contributed by atoms with E-state index in [0.29, 0.717) is 12.2 Å². The number of para-hydroxylation sites is 5. The molecule has 17 rings (SSSR count). The number of benzene rings is 7. The minimum absolute atomic E-state index is 0.220. The van der Waals surface area contributed by atoms with Gasteiger partial charge in [-0.2, -0.15) is 0 Å². The van der Waals surface area contributed by atoms with Crippen LogP contribution >= 0.6 is 0 Å². The van der Waals surface area contributed by atoms with Crippen LogP contribution in [0.4, 0.5) is 63.1 Å². The Balaban J connectivity index is 0.000000111. The van der Waals surface area contributed by atoms with Gasteiger partial charge in [0.05, 0.1) is 35.7 Å². The molecule has 18 heteroatoms. The minimum Gasteiger partial charge on any atom is -0.454 e. The molecule has 5 atom stereocenters. The Bertz CT molecular complexity index is 4880. The van der Waals surface area contributed by atoms with Gasteiger partial charge in [0, 0.05) is 97.6 Å². The number of nitrogens with zero attached hydrogens (tertiary/aromatic N) is 16. The van der Waals surface area contributed by atoms with Crippen LogP contribution in [0.25, 0.3) is 43.9 Å². The fraction of sp³-hybridized carbons (Fsp3) is 0.284. The summed E-state index contributed by atoms with van der Waals surface area (Å²) in [6.45, 7) is 28.1. The highest BCUT2D eigenvalue weighted by Gasteiger charge is 2.37. The van der Waals surface area contributed by atoms with Gasteiger partial charge in [-0.05, 0) is 148 Å². The highest BCUT2D eigenvalue weighted by Crippen LogP contribution is 2.46. The monoisotopic (exact) mass is 1320 g/mol. The summed E-state index contributed by atoms with van der Waals surface area (Å²) in [6.07, 6.45) is 18.7. The second kappa shape index (κ2) is 27.4. The number of hydrogen-bond donors (Lipinski definition) is 0. The number of aromatic nitrogens is 6. The molecule has 5 aliphatic rings. The van der Waals surface area contributed by atoms with Gasteiger partial charge in [0.2, 0.25) is 0 Å². The predicted octanol–water partition coefficient (Wildman–Crippen LogP) is 18.2. The lowest BCUT2D eigenvalue weighted by molar-refractivity contribution is 0.263. The fourth-order valence-corrected chi connectivity index (χ4v) is 14.1. The SMILES string of the molecule is Cc1ccc2c(oc3ccccc32)c1N1C=CN(C(C)C)[C@@H]1C.Cc1ccc2c(oc3ccccc32)c1N1C=CN(C)[C@@H]1C.Cc1ccccc1N1c2cncnc2N(C)[C@@H]1C.Cc1ccccc1N1c2ncncc2N(C)[C@@H]1C.Cc1cnc2c(n1)N(c1ccccc1C)[C@@H](C)N2C.